The van der Waals surface area contributed by atoms with E-state index in [-0.39, 0.29) is 5.91 Å². The maximum Gasteiger partial charge on any atom is 0.272 e. The lowest BCUT2D eigenvalue weighted by molar-refractivity contribution is 0.102. The molecule has 0 unspecified atom stereocenters. The highest BCUT2D eigenvalue weighted by molar-refractivity contribution is 9.10. The van der Waals surface area contributed by atoms with Crippen molar-refractivity contribution in [1.29, 1.82) is 0 Å². The molecule has 0 bridgehead atoms. The highest BCUT2D eigenvalue weighted by Crippen LogP contribution is 2.23. The Balaban J connectivity index is 1.88. The van der Waals surface area contributed by atoms with Gasteiger partial charge in [0.15, 0.2) is 0 Å². The lowest BCUT2D eigenvalue weighted by atomic mass is 10.2. The first kappa shape index (κ1) is 14.7. The first-order valence-electron chi connectivity index (χ1n) is 6.81. The zero-order valence-electron chi connectivity index (χ0n) is 12.2. The fraction of sp³-hybridized carbons (Fsp3) is 0.118. The molecule has 1 heterocycles. The molecule has 0 atom stereocenters. The lowest BCUT2D eigenvalue weighted by Crippen LogP contribution is -2.13. The summed E-state index contributed by atoms with van der Waals surface area (Å²) < 4.78 is 6.18. The van der Waals surface area contributed by atoms with E-state index in [9.17, 15) is 4.79 Å². The van der Waals surface area contributed by atoms with Gasteiger partial charge in [-0.05, 0) is 55.0 Å². The third kappa shape index (κ3) is 2.85. The van der Waals surface area contributed by atoms with Crippen LogP contribution in [0.3, 0.4) is 0 Å². The van der Waals surface area contributed by atoms with Gasteiger partial charge in [0.2, 0.25) is 0 Å². The number of aromatic nitrogens is 1. The predicted octanol–water partition coefficient (Wildman–Crippen LogP) is 4.50. The van der Waals surface area contributed by atoms with E-state index in [4.69, 9.17) is 4.74 Å². The van der Waals surface area contributed by atoms with E-state index in [1.165, 1.54) is 0 Å². The monoisotopic (exact) mass is 358 g/mol. The van der Waals surface area contributed by atoms with Crippen LogP contribution in [0.1, 0.15) is 16.1 Å². The predicted molar refractivity (Wildman–Crippen MR) is 91.7 cm³/mol. The Kier molecular flexibility index (Phi) is 3.90. The van der Waals surface area contributed by atoms with Gasteiger partial charge in [-0.15, -0.1) is 0 Å². The van der Waals surface area contributed by atoms with Gasteiger partial charge in [0.25, 0.3) is 5.91 Å². The van der Waals surface area contributed by atoms with Crippen LogP contribution in [0, 0.1) is 6.92 Å². The third-order valence-corrected chi connectivity index (χ3v) is 4.00. The summed E-state index contributed by atoms with van der Waals surface area (Å²) in [7, 11) is 1.62. The summed E-state index contributed by atoms with van der Waals surface area (Å²) in [4.78, 5) is 15.5. The van der Waals surface area contributed by atoms with Gasteiger partial charge in [0, 0.05) is 21.1 Å². The fourth-order valence-electron chi connectivity index (χ4n) is 2.32. The number of methoxy groups -OCH3 is 1. The molecule has 1 amide bonds. The van der Waals surface area contributed by atoms with E-state index in [0.717, 1.165) is 32.4 Å². The van der Waals surface area contributed by atoms with E-state index in [2.05, 4.69) is 26.2 Å². The molecule has 2 N–H and O–H groups in total. The molecule has 1 aromatic heterocycles. The number of carbonyl (C=O) groups is 1. The molecule has 0 aliphatic heterocycles. The Morgan fingerprint density at radius 2 is 2.00 bits per heavy atom. The first-order valence-corrected chi connectivity index (χ1v) is 7.60. The number of carbonyl (C=O) groups excluding carboxylic acids is 1. The maximum absolute atomic E-state index is 12.4. The molecule has 0 aliphatic rings. The van der Waals surface area contributed by atoms with Crippen molar-refractivity contribution in [3.63, 3.8) is 0 Å². The molecule has 22 heavy (non-hydrogen) atoms. The van der Waals surface area contributed by atoms with Gasteiger partial charge in [0.05, 0.1) is 7.11 Å². The summed E-state index contributed by atoms with van der Waals surface area (Å²) in [6, 6.07) is 13.2. The van der Waals surface area contributed by atoms with E-state index in [1.54, 1.807) is 7.11 Å². The van der Waals surface area contributed by atoms with Crippen LogP contribution >= 0.6 is 15.9 Å². The van der Waals surface area contributed by atoms with Crippen LogP contribution in [0.15, 0.2) is 46.9 Å². The average Bonchev–Trinajstić information content (AvgIpc) is 2.93. The number of aromatic amines is 1. The lowest BCUT2D eigenvalue weighted by Gasteiger charge is -2.07. The SMILES string of the molecule is COc1ccc2[nH]c(C(=O)Nc3ccc(Br)cc3C)cc2c1. The minimum absolute atomic E-state index is 0.166. The molecule has 112 valence electrons. The number of nitrogens with one attached hydrogen (secondary N) is 2. The minimum Gasteiger partial charge on any atom is -0.497 e. The number of H-pyrrole nitrogens is 1. The number of hydrogen-bond donors (Lipinski definition) is 2. The maximum atomic E-state index is 12.4. The van der Waals surface area contributed by atoms with Crippen LogP contribution in [0.25, 0.3) is 10.9 Å². The molecule has 4 nitrogen and oxygen atoms in total. The standard InChI is InChI=1S/C17H15BrN2O2/c1-10-7-12(18)3-5-14(10)20-17(21)16-9-11-8-13(22-2)4-6-15(11)19-16/h3-9,19H,1-2H3,(H,20,21). The smallest absolute Gasteiger partial charge is 0.272 e. The second-order valence-corrected chi connectivity index (χ2v) is 5.97. The normalized spacial score (nSPS) is 10.7. The highest BCUT2D eigenvalue weighted by atomic mass is 79.9. The van der Waals surface area contributed by atoms with Crippen LogP contribution in [0.2, 0.25) is 0 Å². The molecule has 3 rings (SSSR count). The van der Waals surface area contributed by atoms with Crippen molar-refractivity contribution in [3.05, 3.63) is 58.2 Å². The van der Waals surface area contributed by atoms with Crippen LogP contribution < -0.4 is 10.1 Å². The zero-order valence-corrected chi connectivity index (χ0v) is 13.8. The van der Waals surface area contributed by atoms with Crippen molar-refractivity contribution in [2.45, 2.75) is 6.92 Å². The molecule has 2 aromatic carbocycles. The fourth-order valence-corrected chi connectivity index (χ4v) is 2.79. The van der Waals surface area contributed by atoms with Crippen molar-refractivity contribution in [1.82, 2.24) is 4.98 Å². The Labute approximate surface area is 136 Å². The number of anilines is 1. The number of aryl methyl sites for hydroxylation is 1. The summed E-state index contributed by atoms with van der Waals surface area (Å²) in [5, 5.41) is 3.86. The minimum atomic E-state index is -0.166. The number of hydrogen-bond acceptors (Lipinski definition) is 2. The van der Waals surface area contributed by atoms with Crippen molar-refractivity contribution >= 4 is 38.4 Å². The van der Waals surface area contributed by atoms with Gasteiger partial charge < -0.3 is 15.0 Å². The average molecular weight is 359 g/mol. The molecular weight excluding hydrogens is 344 g/mol. The Morgan fingerprint density at radius 1 is 1.18 bits per heavy atom. The van der Waals surface area contributed by atoms with Gasteiger partial charge in [-0.3, -0.25) is 4.79 Å². The summed E-state index contributed by atoms with van der Waals surface area (Å²) in [5.41, 5.74) is 3.22. The van der Waals surface area contributed by atoms with Gasteiger partial charge in [-0.25, -0.2) is 0 Å². The van der Waals surface area contributed by atoms with E-state index in [0.29, 0.717) is 5.69 Å². The van der Waals surface area contributed by atoms with Crippen LogP contribution in [-0.4, -0.2) is 18.0 Å². The van der Waals surface area contributed by atoms with Gasteiger partial charge in [0.1, 0.15) is 11.4 Å². The van der Waals surface area contributed by atoms with Crippen LogP contribution in [-0.2, 0) is 0 Å². The van der Waals surface area contributed by atoms with Crippen molar-refractivity contribution in [2.24, 2.45) is 0 Å². The molecule has 0 fully saturated rings. The number of fused-ring (bicyclic) bond motifs is 1. The van der Waals surface area contributed by atoms with Gasteiger partial charge in [-0.2, -0.15) is 0 Å². The van der Waals surface area contributed by atoms with E-state index >= 15 is 0 Å². The second-order valence-electron chi connectivity index (χ2n) is 5.05. The number of ether oxygens (including phenoxy) is 1. The molecule has 3 aromatic rings. The van der Waals surface area contributed by atoms with Crippen LogP contribution in [0.4, 0.5) is 5.69 Å². The molecular formula is C17H15BrN2O2. The molecule has 0 spiro atoms. The highest BCUT2D eigenvalue weighted by Gasteiger charge is 2.11. The number of rotatable bonds is 3. The van der Waals surface area contributed by atoms with E-state index in [1.807, 2.05) is 49.4 Å². The Morgan fingerprint density at radius 3 is 2.73 bits per heavy atom. The quantitative estimate of drug-likeness (QED) is 0.724. The van der Waals surface area contributed by atoms with Crippen molar-refractivity contribution in [3.8, 4) is 5.75 Å². The summed E-state index contributed by atoms with van der Waals surface area (Å²) in [5.74, 6) is 0.600. The first-order chi connectivity index (χ1) is 10.6. The number of amides is 1. The summed E-state index contributed by atoms with van der Waals surface area (Å²) in [6.07, 6.45) is 0. The Hall–Kier alpha value is -2.27. The molecule has 0 radical (unpaired) electrons. The van der Waals surface area contributed by atoms with Crippen molar-refractivity contribution in [2.75, 3.05) is 12.4 Å². The van der Waals surface area contributed by atoms with Gasteiger partial charge >= 0.3 is 0 Å². The van der Waals surface area contributed by atoms with Crippen LogP contribution in [0.5, 0.6) is 5.75 Å². The van der Waals surface area contributed by atoms with E-state index < -0.39 is 0 Å². The number of benzene rings is 2. The zero-order chi connectivity index (χ0) is 15.7. The largest absolute Gasteiger partial charge is 0.497 e. The topological polar surface area (TPSA) is 54.1 Å². The summed E-state index contributed by atoms with van der Waals surface area (Å²) >= 11 is 3.41. The molecule has 0 saturated carbocycles. The van der Waals surface area contributed by atoms with Crippen molar-refractivity contribution < 1.29 is 9.53 Å². The molecule has 0 aliphatic carbocycles. The molecule has 0 saturated heterocycles. The second kappa shape index (κ2) is 5.85. The summed E-state index contributed by atoms with van der Waals surface area (Å²) in [6.45, 7) is 1.95. The van der Waals surface area contributed by atoms with Gasteiger partial charge in [-0.1, -0.05) is 15.9 Å². The molecule has 5 heteroatoms. The Bertz CT molecular complexity index is 855. The third-order valence-electron chi connectivity index (χ3n) is 3.51. The number of halogens is 1.